The number of carbonyl (C=O) groups is 1. The van der Waals surface area contributed by atoms with E-state index in [1.807, 2.05) is 0 Å². The van der Waals surface area contributed by atoms with Crippen molar-refractivity contribution in [3.05, 3.63) is 39.1 Å². The second-order valence-electron chi connectivity index (χ2n) is 5.83. The molecule has 5 nitrogen and oxygen atoms in total. The predicted octanol–water partition coefficient (Wildman–Crippen LogP) is 3.83. The Morgan fingerprint density at radius 3 is 3.08 bits per heavy atom. The van der Waals surface area contributed by atoms with Crippen molar-refractivity contribution in [2.75, 3.05) is 18.4 Å². The Bertz CT molecular complexity index is 783. The number of hydrogen-bond acceptors (Lipinski definition) is 5. The SMILES string of the molecule is CCN1CCc2nc(NC(=O)C(C)Oc3ccc(F)cc3Br)sc2C1. The molecule has 25 heavy (non-hydrogen) atoms. The minimum Gasteiger partial charge on any atom is -0.480 e. The number of rotatable bonds is 5. The molecule has 0 fully saturated rings. The lowest BCUT2D eigenvalue weighted by atomic mass is 10.2. The van der Waals surface area contributed by atoms with E-state index >= 15 is 0 Å². The number of halogens is 2. The number of anilines is 1. The van der Waals surface area contributed by atoms with Crippen LogP contribution >= 0.6 is 27.3 Å². The summed E-state index contributed by atoms with van der Waals surface area (Å²) in [5, 5.41) is 3.42. The van der Waals surface area contributed by atoms with Crippen molar-refractivity contribution in [3.63, 3.8) is 0 Å². The first-order valence-corrected chi connectivity index (χ1v) is 9.70. The molecule has 1 N–H and O–H groups in total. The second-order valence-corrected chi connectivity index (χ2v) is 7.77. The van der Waals surface area contributed by atoms with Crippen LogP contribution in [0.5, 0.6) is 5.75 Å². The third-order valence-corrected chi connectivity index (χ3v) is 5.67. The van der Waals surface area contributed by atoms with Crippen molar-refractivity contribution in [2.24, 2.45) is 0 Å². The van der Waals surface area contributed by atoms with E-state index in [1.54, 1.807) is 6.92 Å². The van der Waals surface area contributed by atoms with Crippen molar-refractivity contribution < 1.29 is 13.9 Å². The third kappa shape index (κ3) is 4.37. The lowest BCUT2D eigenvalue weighted by molar-refractivity contribution is -0.122. The highest BCUT2D eigenvalue weighted by Crippen LogP contribution is 2.29. The topological polar surface area (TPSA) is 54.5 Å². The fraction of sp³-hybridized carbons (Fsp3) is 0.412. The molecule has 1 atom stereocenters. The number of ether oxygens (including phenoxy) is 1. The molecular formula is C17H19BrFN3O2S. The number of amides is 1. The van der Waals surface area contributed by atoms with Crippen LogP contribution < -0.4 is 10.1 Å². The second kappa shape index (κ2) is 7.80. The first kappa shape index (κ1) is 18.3. The van der Waals surface area contributed by atoms with Crippen molar-refractivity contribution >= 4 is 38.3 Å². The van der Waals surface area contributed by atoms with Gasteiger partial charge in [-0.3, -0.25) is 15.0 Å². The molecule has 0 saturated carbocycles. The zero-order chi connectivity index (χ0) is 18.0. The number of nitrogens with one attached hydrogen (secondary N) is 1. The number of hydrogen-bond donors (Lipinski definition) is 1. The van der Waals surface area contributed by atoms with Gasteiger partial charge in [0.15, 0.2) is 11.2 Å². The molecule has 2 aromatic rings. The molecule has 0 bridgehead atoms. The van der Waals surface area contributed by atoms with Crippen LogP contribution in [0.4, 0.5) is 9.52 Å². The van der Waals surface area contributed by atoms with Gasteiger partial charge in [0.1, 0.15) is 11.6 Å². The molecule has 1 aliphatic rings. The summed E-state index contributed by atoms with van der Waals surface area (Å²) in [6.45, 7) is 6.68. The van der Waals surface area contributed by atoms with Crippen LogP contribution in [-0.4, -0.2) is 35.0 Å². The standard InChI is InChI=1S/C17H19BrFN3O2S/c1-3-22-7-6-13-15(9-22)25-17(20-13)21-16(23)10(2)24-14-5-4-11(19)8-12(14)18/h4-5,8,10H,3,6-7,9H2,1-2H3,(H,20,21,23). The summed E-state index contributed by atoms with van der Waals surface area (Å²) in [6.07, 6.45) is 0.180. The van der Waals surface area contributed by atoms with Gasteiger partial charge >= 0.3 is 0 Å². The van der Waals surface area contributed by atoms with Gasteiger partial charge in [0.2, 0.25) is 0 Å². The molecular weight excluding hydrogens is 409 g/mol. The van der Waals surface area contributed by atoms with Crippen LogP contribution in [0, 0.1) is 5.82 Å². The number of fused-ring (bicyclic) bond motifs is 1. The summed E-state index contributed by atoms with van der Waals surface area (Å²) in [5.74, 6) is -0.235. The maximum absolute atomic E-state index is 13.1. The third-order valence-electron chi connectivity index (χ3n) is 4.05. The summed E-state index contributed by atoms with van der Waals surface area (Å²) in [7, 11) is 0. The number of thiazole rings is 1. The van der Waals surface area contributed by atoms with Gasteiger partial charge in [0.05, 0.1) is 10.2 Å². The molecule has 1 aliphatic heterocycles. The van der Waals surface area contributed by atoms with Crippen molar-refractivity contribution in [3.8, 4) is 5.75 Å². The molecule has 134 valence electrons. The van der Waals surface area contributed by atoms with Gasteiger partial charge in [-0.15, -0.1) is 11.3 Å². The Kier molecular flexibility index (Phi) is 5.71. The Morgan fingerprint density at radius 2 is 2.36 bits per heavy atom. The largest absolute Gasteiger partial charge is 0.480 e. The fourth-order valence-corrected chi connectivity index (χ4v) is 4.09. The monoisotopic (exact) mass is 427 g/mol. The van der Waals surface area contributed by atoms with Crippen LogP contribution in [0.3, 0.4) is 0 Å². The number of carbonyl (C=O) groups excluding carboxylic acids is 1. The first-order chi connectivity index (χ1) is 12.0. The fourth-order valence-electron chi connectivity index (χ4n) is 2.59. The van der Waals surface area contributed by atoms with E-state index in [4.69, 9.17) is 4.74 Å². The molecule has 0 aliphatic carbocycles. The summed E-state index contributed by atoms with van der Waals surface area (Å²) < 4.78 is 19.2. The van der Waals surface area contributed by atoms with Gasteiger partial charge in [0.25, 0.3) is 5.91 Å². The maximum atomic E-state index is 13.1. The van der Waals surface area contributed by atoms with Gasteiger partial charge < -0.3 is 4.74 Å². The molecule has 1 aromatic carbocycles. The highest BCUT2D eigenvalue weighted by molar-refractivity contribution is 9.10. The average molecular weight is 428 g/mol. The smallest absolute Gasteiger partial charge is 0.266 e. The van der Waals surface area contributed by atoms with Gasteiger partial charge in [-0.25, -0.2) is 9.37 Å². The molecule has 3 rings (SSSR count). The Morgan fingerprint density at radius 1 is 1.56 bits per heavy atom. The maximum Gasteiger partial charge on any atom is 0.266 e. The van der Waals surface area contributed by atoms with Crippen LogP contribution in [0.15, 0.2) is 22.7 Å². The van der Waals surface area contributed by atoms with E-state index in [0.29, 0.717) is 15.4 Å². The van der Waals surface area contributed by atoms with Crippen molar-refractivity contribution in [2.45, 2.75) is 32.9 Å². The quantitative estimate of drug-likeness (QED) is 0.787. The number of aromatic nitrogens is 1. The van der Waals surface area contributed by atoms with E-state index < -0.39 is 6.10 Å². The molecule has 0 saturated heterocycles. The zero-order valence-corrected chi connectivity index (χ0v) is 16.4. The van der Waals surface area contributed by atoms with E-state index in [1.165, 1.54) is 34.4 Å². The molecule has 1 aromatic heterocycles. The Hall–Kier alpha value is -1.51. The zero-order valence-electron chi connectivity index (χ0n) is 14.0. The van der Waals surface area contributed by atoms with Gasteiger partial charge in [-0.2, -0.15) is 0 Å². The van der Waals surface area contributed by atoms with E-state index in [2.05, 4.69) is 38.1 Å². The van der Waals surface area contributed by atoms with Crippen molar-refractivity contribution in [1.29, 1.82) is 0 Å². The van der Waals surface area contributed by atoms with Gasteiger partial charge in [0, 0.05) is 24.4 Å². The summed E-state index contributed by atoms with van der Waals surface area (Å²) in [4.78, 5) is 20.4. The minimum atomic E-state index is -0.727. The first-order valence-electron chi connectivity index (χ1n) is 8.09. The number of benzene rings is 1. The van der Waals surface area contributed by atoms with Crippen LogP contribution in [0.25, 0.3) is 0 Å². The summed E-state index contributed by atoms with van der Waals surface area (Å²) >= 11 is 4.74. The Balaban J connectivity index is 1.63. The highest BCUT2D eigenvalue weighted by atomic mass is 79.9. The average Bonchev–Trinajstić information content (AvgIpc) is 2.98. The number of likely N-dealkylation sites (N-methyl/N-ethyl adjacent to an activating group) is 1. The van der Waals surface area contributed by atoms with Crippen LogP contribution in [0.1, 0.15) is 24.4 Å². The lowest BCUT2D eigenvalue weighted by Gasteiger charge is -2.23. The number of nitrogens with zero attached hydrogens (tertiary/aromatic N) is 2. The van der Waals surface area contributed by atoms with Crippen LogP contribution in [0.2, 0.25) is 0 Å². The summed E-state index contributed by atoms with van der Waals surface area (Å²) in [6, 6.07) is 4.08. The Labute approximate surface area is 158 Å². The predicted molar refractivity (Wildman–Crippen MR) is 99.6 cm³/mol. The molecule has 1 amide bonds. The summed E-state index contributed by atoms with van der Waals surface area (Å²) in [5.41, 5.74) is 1.07. The van der Waals surface area contributed by atoms with E-state index in [0.717, 1.165) is 31.7 Å². The van der Waals surface area contributed by atoms with Crippen molar-refractivity contribution in [1.82, 2.24) is 9.88 Å². The molecule has 2 heterocycles. The van der Waals surface area contributed by atoms with Gasteiger partial charge in [-0.1, -0.05) is 6.92 Å². The molecule has 1 unspecified atom stereocenters. The van der Waals surface area contributed by atoms with E-state index in [9.17, 15) is 9.18 Å². The molecule has 0 radical (unpaired) electrons. The molecule has 0 spiro atoms. The van der Waals surface area contributed by atoms with Gasteiger partial charge in [-0.05, 0) is 47.6 Å². The van der Waals surface area contributed by atoms with Crippen LogP contribution in [-0.2, 0) is 17.8 Å². The molecule has 8 heteroatoms. The van der Waals surface area contributed by atoms with E-state index in [-0.39, 0.29) is 11.7 Å². The minimum absolute atomic E-state index is 0.283. The highest BCUT2D eigenvalue weighted by Gasteiger charge is 2.22. The normalized spacial score (nSPS) is 15.5. The lowest BCUT2D eigenvalue weighted by Crippen LogP contribution is -2.30.